The van der Waals surface area contributed by atoms with Crippen LogP contribution in [0.5, 0.6) is 0 Å². The first kappa shape index (κ1) is 36.9. The Balaban J connectivity index is 1.71. The second-order valence-corrected chi connectivity index (χ2v) is 12.5. The van der Waals surface area contributed by atoms with Gasteiger partial charge in [0.1, 0.15) is 0 Å². The van der Waals surface area contributed by atoms with Crippen molar-refractivity contribution < 1.29 is 53.5 Å². The Labute approximate surface area is 284 Å². The Hall–Kier alpha value is -4.32. The molecule has 0 radical (unpaired) electrons. The predicted octanol–water partition coefficient (Wildman–Crippen LogP) is 8.37. The molecule has 7 nitrogen and oxygen atoms in total. The number of aromatic nitrogens is 2. The summed E-state index contributed by atoms with van der Waals surface area (Å²) in [5.74, 6) is -3.03. The lowest BCUT2D eigenvalue weighted by Gasteiger charge is -2.33. The van der Waals surface area contributed by atoms with E-state index in [-0.39, 0.29) is 55.9 Å². The molecule has 0 bridgehead atoms. The highest BCUT2D eigenvalue weighted by atomic mass is 35.5. The minimum absolute atomic E-state index is 0.0248. The average molecular weight is 755 g/mol. The van der Waals surface area contributed by atoms with Gasteiger partial charge in [0.15, 0.2) is 0 Å². The largest absolute Gasteiger partial charge is 0.449 e. The molecule has 0 saturated heterocycles. The zero-order chi connectivity index (χ0) is 37.1. The number of benzene rings is 3. The van der Waals surface area contributed by atoms with Gasteiger partial charge in [-0.25, -0.2) is 9.37 Å². The number of carbonyl (C=O) groups is 2. The first-order chi connectivity index (χ1) is 23.1. The summed E-state index contributed by atoms with van der Waals surface area (Å²) in [6, 6.07) is 7.23. The Kier molecular flexibility index (Phi) is 9.44. The van der Waals surface area contributed by atoms with Crippen LogP contribution in [-0.2, 0) is 18.4 Å². The van der Waals surface area contributed by atoms with Gasteiger partial charge in [-0.05, 0) is 55.1 Å². The number of amides is 2. The van der Waals surface area contributed by atoms with E-state index in [1.807, 2.05) is 0 Å². The summed E-state index contributed by atoms with van der Waals surface area (Å²) in [7, 11) is 0. The number of hydrogen-bond donors (Lipinski definition) is 1. The van der Waals surface area contributed by atoms with E-state index in [0.29, 0.717) is 5.75 Å². The number of hydrogen-bond acceptors (Lipinski definition) is 5. The molecule has 0 fully saturated rings. The number of halogens is 11. The van der Waals surface area contributed by atoms with Crippen LogP contribution in [0.1, 0.15) is 44.6 Å². The third kappa shape index (κ3) is 6.27. The van der Waals surface area contributed by atoms with E-state index < -0.39 is 76.4 Å². The summed E-state index contributed by atoms with van der Waals surface area (Å²) in [4.78, 5) is 45.2. The molecule has 1 aliphatic rings. The van der Waals surface area contributed by atoms with Crippen LogP contribution >= 0.6 is 23.4 Å². The number of anilines is 2. The SMILES string of the molecule is CSC[C@H](C)N1C(=O)c2c(Cl)cccc2C(=O)Nc2ccc(Cn3c(C(F)(F)F)nc4ccc(C(F)(C(F)(F)F)C(F)(F)F)cc4c3=O)cc21. The van der Waals surface area contributed by atoms with Crippen LogP contribution in [0.25, 0.3) is 10.9 Å². The Morgan fingerprint density at radius 3 is 2.16 bits per heavy atom. The predicted molar refractivity (Wildman–Crippen MR) is 166 cm³/mol. The molecule has 19 heteroatoms. The molecule has 0 unspecified atom stereocenters. The molecule has 3 aromatic carbocycles. The molecule has 2 heterocycles. The zero-order valence-electron chi connectivity index (χ0n) is 25.3. The van der Waals surface area contributed by atoms with Gasteiger partial charge in [-0.3, -0.25) is 19.0 Å². The van der Waals surface area contributed by atoms with Crippen LogP contribution in [0.2, 0.25) is 5.02 Å². The number of thioether (sulfide) groups is 1. The third-order valence-corrected chi connectivity index (χ3v) is 8.97. The number of carbonyl (C=O) groups excluding carboxylic acids is 2. The van der Waals surface area contributed by atoms with Crippen molar-refractivity contribution in [3.05, 3.63) is 98.1 Å². The van der Waals surface area contributed by atoms with E-state index in [1.165, 1.54) is 53.1 Å². The Morgan fingerprint density at radius 2 is 1.56 bits per heavy atom. The second kappa shape index (κ2) is 12.8. The maximum Gasteiger partial charge on any atom is 0.449 e. The highest BCUT2D eigenvalue weighted by Gasteiger charge is 2.73. The van der Waals surface area contributed by atoms with Crippen molar-refractivity contribution in [2.75, 3.05) is 22.2 Å². The highest BCUT2D eigenvalue weighted by molar-refractivity contribution is 7.98. The van der Waals surface area contributed by atoms with Gasteiger partial charge in [-0.1, -0.05) is 29.8 Å². The molecule has 50 heavy (non-hydrogen) atoms. The molecule has 1 aromatic heterocycles. The van der Waals surface area contributed by atoms with Crippen molar-refractivity contribution in [1.82, 2.24) is 9.55 Å². The van der Waals surface area contributed by atoms with Gasteiger partial charge in [0, 0.05) is 17.4 Å². The van der Waals surface area contributed by atoms with Crippen LogP contribution < -0.4 is 15.8 Å². The fraction of sp³-hybridized carbons (Fsp3) is 0.290. The highest BCUT2D eigenvalue weighted by Crippen LogP contribution is 2.53. The van der Waals surface area contributed by atoms with Crippen LogP contribution in [0.4, 0.5) is 55.3 Å². The summed E-state index contributed by atoms with van der Waals surface area (Å²) in [5, 5.41) is 1.39. The lowest BCUT2D eigenvalue weighted by Crippen LogP contribution is -2.50. The lowest BCUT2D eigenvalue weighted by molar-refractivity contribution is -0.348. The van der Waals surface area contributed by atoms with E-state index in [1.54, 1.807) is 13.2 Å². The number of alkyl halides is 10. The van der Waals surface area contributed by atoms with Gasteiger partial charge < -0.3 is 10.2 Å². The van der Waals surface area contributed by atoms with Gasteiger partial charge in [-0.15, -0.1) is 0 Å². The molecule has 0 spiro atoms. The molecular formula is C31H21ClF10N4O3S. The number of nitrogens with one attached hydrogen (secondary N) is 1. The molecule has 0 aliphatic carbocycles. The summed E-state index contributed by atoms with van der Waals surface area (Å²) in [6.07, 6.45) is -16.8. The lowest BCUT2D eigenvalue weighted by atomic mass is 9.93. The summed E-state index contributed by atoms with van der Waals surface area (Å²) in [5.41, 5.74) is -11.1. The Bertz CT molecular complexity index is 2070. The van der Waals surface area contributed by atoms with Crippen molar-refractivity contribution in [2.45, 2.75) is 43.7 Å². The first-order valence-electron chi connectivity index (χ1n) is 14.1. The number of rotatable bonds is 6. The van der Waals surface area contributed by atoms with Gasteiger partial charge in [0.05, 0.1) is 45.0 Å². The van der Waals surface area contributed by atoms with Crippen molar-refractivity contribution >= 4 is 57.5 Å². The third-order valence-electron chi connectivity index (χ3n) is 7.84. The van der Waals surface area contributed by atoms with Crippen molar-refractivity contribution in [2.24, 2.45) is 0 Å². The van der Waals surface area contributed by atoms with E-state index in [2.05, 4.69) is 10.3 Å². The standard InChI is InChI=1S/C31H21ClF10N4O3S/c1-14(13-50-2)46-22-10-15(6-8-21(22)43-24(47)17-4-3-5-19(32)23(17)26(46)49)12-45-25(48)18-11-16(28(33,30(37,38)39)31(40,41)42)7-9-20(18)44-27(45)29(34,35)36/h3-11,14H,12-13H2,1-2H3,(H,43,47)/t14-/m0/s1. The van der Waals surface area contributed by atoms with E-state index in [4.69, 9.17) is 11.6 Å². The summed E-state index contributed by atoms with van der Waals surface area (Å²) < 4.78 is 138. The maximum absolute atomic E-state index is 14.8. The molecule has 5 rings (SSSR count). The summed E-state index contributed by atoms with van der Waals surface area (Å²) in [6.45, 7) is 0.617. The van der Waals surface area contributed by atoms with Crippen LogP contribution in [0, 0.1) is 0 Å². The van der Waals surface area contributed by atoms with Gasteiger partial charge >= 0.3 is 24.2 Å². The Morgan fingerprint density at radius 1 is 0.900 bits per heavy atom. The van der Waals surface area contributed by atoms with E-state index >= 15 is 0 Å². The smallest absolute Gasteiger partial charge is 0.320 e. The monoisotopic (exact) mass is 754 g/mol. The maximum atomic E-state index is 14.8. The van der Waals surface area contributed by atoms with Gasteiger partial charge in [0.2, 0.25) is 5.82 Å². The summed E-state index contributed by atoms with van der Waals surface area (Å²) >= 11 is 7.66. The molecule has 1 N–H and O–H groups in total. The molecule has 0 saturated carbocycles. The van der Waals surface area contributed by atoms with E-state index in [0.717, 1.165) is 0 Å². The topological polar surface area (TPSA) is 84.3 Å². The van der Waals surface area contributed by atoms with Crippen LogP contribution in [0.15, 0.2) is 59.4 Å². The molecule has 1 atom stereocenters. The fourth-order valence-electron chi connectivity index (χ4n) is 5.55. The molecular weight excluding hydrogens is 734 g/mol. The minimum Gasteiger partial charge on any atom is -0.320 e. The van der Waals surface area contributed by atoms with Crippen LogP contribution in [-0.4, -0.2) is 51.8 Å². The molecule has 4 aromatic rings. The number of nitrogens with zero attached hydrogens (tertiary/aromatic N) is 3. The molecule has 2 amide bonds. The van der Waals surface area contributed by atoms with Gasteiger partial charge in [0.25, 0.3) is 17.4 Å². The molecule has 266 valence electrons. The van der Waals surface area contributed by atoms with Crippen molar-refractivity contribution in [3.8, 4) is 0 Å². The minimum atomic E-state index is -6.56. The van der Waals surface area contributed by atoms with Gasteiger partial charge in [-0.2, -0.15) is 51.3 Å². The molecule has 1 aliphatic heterocycles. The average Bonchev–Trinajstić information content (AvgIpc) is 3.00. The normalized spacial score (nSPS) is 14.9. The fourth-order valence-corrected chi connectivity index (χ4v) is 6.44. The van der Waals surface area contributed by atoms with Crippen molar-refractivity contribution in [3.63, 3.8) is 0 Å². The van der Waals surface area contributed by atoms with E-state index in [9.17, 15) is 58.3 Å². The zero-order valence-corrected chi connectivity index (χ0v) is 26.9. The quantitative estimate of drug-likeness (QED) is 0.200. The number of fused-ring (bicyclic) bond motifs is 3. The first-order valence-corrected chi connectivity index (χ1v) is 15.9. The van der Waals surface area contributed by atoms with Crippen molar-refractivity contribution in [1.29, 1.82) is 0 Å². The second-order valence-electron chi connectivity index (χ2n) is 11.2. The van der Waals surface area contributed by atoms with Crippen LogP contribution in [0.3, 0.4) is 0 Å².